The lowest BCUT2D eigenvalue weighted by Crippen LogP contribution is -2.17. The number of carbonyl (C=O) groups excluding carboxylic acids is 1. The third-order valence-electron chi connectivity index (χ3n) is 3.15. The van der Waals surface area contributed by atoms with Gasteiger partial charge in [-0.15, -0.1) is 6.58 Å². The van der Waals surface area contributed by atoms with Crippen molar-refractivity contribution in [3.05, 3.63) is 48.0 Å². The quantitative estimate of drug-likeness (QED) is 0.572. The number of ether oxygens (including phenoxy) is 1. The Morgan fingerprint density at radius 1 is 1.44 bits per heavy atom. The van der Waals surface area contributed by atoms with Crippen molar-refractivity contribution in [2.24, 2.45) is 0 Å². The monoisotopic (exact) mass is 218 g/mol. The number of rotatable bonds is 4. The molecule has 0 aliphatic carbocycles. The third kappa shape index (κ3) is 2.32. The molecule has 1 atom stereocenters. The van der Waals surface area contributed by atoms with Crippen molar-refractivity contribution in [1.82, 2.24) is 0 Å². The zero-order chi connectivity index (χ0) is 12.2. The van der Waals surface area contributed by atoms with Crippen molar-refractivity contribution in [2.45, 2.75) is 25.7 Å². The fourth-order valence-electron chi connectivity index (χ4n) is 1.57. The first kappa shape index (κ1) is 12.5. The highest BCUT2D eigenvalue weighted by Gasteiger charge is 2.20. The normalized spacial score (nSPS) is 13.9. The Morgan fingerprint density at radius 3 is 2.38 bits per heavy atom. The summed E-state index contributed by atoms with van der Waals surface area (Å²) in [5.41, 5.74) is 1.71. The van der Waals surface area contributed by atoms with Crippen LogP contribution in [0.4, 0.5) is 0 Å². The second-order valence-electron chi connectivity index (χ2n) is 4.04. The van der Waals surface area contributed by atoms with Crippen LogP contribution in [0.5, 0.6) is 0 Å². The molecule has 0 aromatic heterocycles. The number of methoxy groups -OCH3 is 1. The zero-order valence-corrected chi connectivity index (χ0v) is 10.1. The molecule has 0 saturated carbocycles. The van der Waals surface area contributed by atoms with Gasteiger partial charge in [-0.3, -0.25) is 0 Å². The van der Waals surface area contributed by atoms with Gasteiger partial charge in [-0.1, -0.05) is 32.1 Å². The molecule has 0 saturated heterocycles. The summed E-state index contributed by atoms with van der Waals surface area (Å²) >= 11 is 0. The minimum Gasteiger partial charge on any atom is -0.465 e. The third-order valence-corrected chi connectivity index (χ3v) is 3.15. The standard InChI is InChI=1S/C14H18O2/c1-5-14(3,6-2)12-9-7-11(8-10-12)13(15)16-4/h5,7-10H,1,6H2,2-4H3. The molecule has 16 heavy (non-hydrogen) atoms. The molecule has 0 spiro atoms. The highest BCUT2D eigenvalue weighted by molar-refractivity contribution is 5.89. The fraction of sp³-hybridized carbons (Fsp3) is 0.357. The Labute approximate surface area is 96.9 Å². The minimum atomic E-state index is -0.302. The smallest absolute Gasteiger partial charge is 0.337 e. The molecule has 0 N–H and O–H groups in total. The van der Waals surface area contributed by atoms with Crippen molar-refractivity contribution >= 4 is 5.97 Å². The summed E-state index contributed by atoms with van der Waals surface area (Å²) in [5.74, 6) is -0.302. The molecule has 86 valence electrons. The van der Waals surface area contributed by atoms with Crippen molar-refractivity contribution in [1.29, 1.82) is 0 Å². The van der Waals surface area contributed by atoms with E-state index in [1.54, 1.807) is 12.1 Å². The fourth-order valence-corrected chi connectivity index (χ4v) is 1.57. The number of hydrogen-bond donors (Lipinski definition) is 0. The molecular formula is C14H18O2. The number of hydrogen-bond acceptors (Lipinski definition) is 2. The highest BCUT2D eigenvalue weighted by atomic mass is 16.5. The van der Waals surface area contributed by atoms with E-state index in [1.807, 2.05) is 18.2 Å². The molecule has 0 amide bonds. The summed E-state index contributed by atoms with van der Waals surface area (Å²) in [4.78, 5) is 11.3. The van der Waals surface area contributed by atoms with E-state index in [2.05, 4.69) is 25.2 Å². The van der Waals surface area contributed by atoms with Crippen molar-refractivity contribution in [3.63, 3.8) is 0 Å². The lowest BCUT2D eigenvalue weighted by Gasteiger charge is -2.24. The highest BCUT2D eigenvalue weighted by Crippen LogP contribution is 2.28. The molecule has 1 aromatic rings. The molecule has 0 heterocycles. The zero-order valence-electron chi connectivity index (χ0n) is 10.1. The van der Waals surface area contributed by atoms with Crippen LogP contribution in [0.2, 0.25) is 0 Å². The van der Waals surface area contributed by atoms with Crippen LogP contribution in [0.25, 0.3) is 0 Å². The summed E-state index contributed by atoms with van der Waals surface area (Å²) in [7, 11) is 1.39. The Bertz CT molecular complexity index is 378. The molecule has 0 fully saturated rings. The van der Waals surface area contributed by atoms with E-state index in [9.17, 15) is 4.79 Å². The topological polar surface area (TPSA) is 26.3 Å². The molecule has 2 nitrogen and oxygen atoms in total. The second-order valence-corrected chi connectivity index (χ2v) is 4.04. The summed E-state index contributed by atoms with van der Waals surface area (Å²) < 4.78 is 4.66. The maximum atomic E-state index is 11.3. The Kier molecular flexibility index (Phi) is 3.88. The van der Waals surface area contributed by atoms with Gasteiger partial charge in [0.2, 0.25) is 0 Å². The molecule has 1 rings (SSSR count). The van der Waals surface area contributed by atoms with Gasteiger partial charge in [0, 0.05) is 5.41 Å². The van der Waals surface area contributed by atoms with Crippen LogP contribution < -0.4 is 0 Å². The number of benzene rings is 1. The molecular weight excluding hydrogens is 200 g/mol. The van der Waals surface area contributed by atoms with Crippen LogP contribution in [-0.2, 0) is 10.2 Å². The van der Waals surface area contributed by atoms with Crippen molar-refractivity contribution < 1.29 is 9.53 Å². The Balaban J connectivity index is 3.03. The van der Waals surface area contributed by atoms with E-state index in [1.165, 1.54) is 7.11 Å². The predicted molar refractivity (Wildman–Crippen MR) is 65.6 cm³/mol. The van der Waals surface area contributed by atoms with Gasteiger partial charge in [0.25, 0.3) is 0 Å². The lowest BCUT2D eigenvalue weighted by molar-refractivity contribution is 0.0600. The van der Waals surface area contributed by atoms with Gasteiger partial charge >= 0.3 is 5.97 Å². The van der Waals surface area contributed by atoms with E-state index in [0.29, 0.717) is 5.56 Å². The maximum Gasteiger partial charge on any atom is 0.337 e. The molecule has 1 aromatic carbocycles. The van der Waals surface area contributed by atoms with Gasteiger partial charge in [-0.2, -0.15) is 0 Å². The molecule has 0 aliphatic heterocycles. The Morgan fingerprint density at radius 2 is 2.00 bits per heavy atom. The number of carbonyl (C=O) groups is 1. The van der Waals surface area contributed by atoms with Gasteiger partial charge in [0.1, 0.15) is 0 Å². The SMILES string of the molecule is C=CC(C)(CC)c1ccc(C(=O)OC)cc1. The van der Waals surface area contributed by atoms with Gasteiger partial charge in [-0.25, -0.2) is 4.79 Å². The Hall–Kier alpha value is -1.57. The first-order valence-electron chi connectivity index (χ1n) is 5.40. The van der Waals surface area contributed by atoms with Crippen LogP contribution >= 0.6 is 0 Å². The average Bonchev–Trinajstić information content (AvgIpc) is 2.37. The van der Waals surface area contributed by atoms with E-state index >= 15 is 0 Å². The molecule has 0 aliphatic rings. The van der Waals surface area contributed by atoms with Gasteiger partial charge in [0.15, 0.2) is 0 Å². The largest absolute Gasteiger partial charge is 0.465 e. The van der Waals surface area contributed by atoms with E-state index in [0.717, 1.165) is 12.0 Å². The summed E-state index contributed by atoms with van der Waals surface area (Å²) in [6, 6.07) is 7.49. The van der Waals surface area contributed by atoms with Crippen molar-refractivity contribution in [2.75, 3.05) is 7.11 Å². The molecule has 0 bridgehead atoms. The summed E-state index contributed by atoms with van der Waals surface area (Å²) in [5, 5.41) is 0. The molecule has 0 radical (unpaired) electrons. The van der Waals surface area contributed by atoms with Gasteiger partial charge in [-0.05, 0) is 24.1 Å². The maximum absolute atomic E-state index is 11.3. The van der Waals surface area contributed by atoms with Gasteiger partial charge < -0.3 is 4.74 Å². The first-order chi connectivity index (χ1) is 7.57. The summed E-state index contributed by atoms with van der Waals surface area (Å²) in [6.45, 7) is 8.12. The minimum absolute atomic E-state index is 0.0331. The molecule has 2 heteroatoms. The average molecular weight is 218 g/mol. The first-order valence-corrected chi connectivity index (χ1v) is 5.40. The van der Waals surface area contributed by atoms with Crippen LogP contribution in [-0.4, -0.2) is 13.1 Å². The van der Waals surface area contributed by atoms with E-state index in [-0.39, 0.29) is 11.4 Å². The number of esters is 1. The van der Waals surface area contributed by atoms with Crippen LogP contribution in [0.15, 0.2) is 36.9 Å². The van der Waals surface area contributed by atoms with E-state index in [4.69, 9.17) is 0 Å². The second kappa shape index (κ2) is 4.97. The summed E-state index contributed by atoms with van der Waals surface area (Å²) in [6.07, 6.45) is 2.92. The van der Waals surface area contributed by atoms with Crippen LogP contribution in [0.3, 0.4) is 0 Å². The number of allylic oxidation sites excluding steroid dienone is 1. The van der Waals surface area contributed by atoms with Crippen LogP contribution in [0.1, 0.15) is 36.2 Å². The van der Waals surface area contributed by atoms with Crippen molar-refractivity contribution in [3.8, 4) is 0 Å². The lowest BCUT2D eigenvalue weighted by atomic mass is 9.80. The molecule has 1 unspecified atom stereocenters. The predicted octanol–water partition coefficient (Wildman–Crippen LogP) is 3.33. The van der Waals surface area contributed by atoms with Gasteiger partial charge in [0.05, 0.1) is 12.7 Å². The van der Waals surface area contributed by atoms with E-state index < -0.39 is 0 Å². The van der Waals surface area contributed by atoms with Crippen LogP contribution in [0, 0.1) is 0 Å².